The molecule has 1 aromatic carbocycles. The molecule has 7 nitrogen and oxygen atoms in total. The Balaban J connectivity index is 1.61. The van der Waals surface area contributed by atoms with Crippen molar-refractivity contribution in [2.24, 2.45) is 0 Å². The average molecular weight is 353 g/mol. The van der Waals surface area contributed by atoms with Crippen LogP contribution in [0.15, 0.2) is 53.9 Å². The average Bonchev–Trinajstić information content (AvgIpc) is 3.12. The van der Waals surface area contributed by atoms with Crippen LogP contribution >= 0.6 is 11.3 Å². The van der Waals surface area contributed by atoms with Gasteiger partial charge in [-0.05, 0) is 29.7 Å². The summed E-state index contributed by atoms with van der Waals surface area (Å²) in [6.45, 7) is -0.0934. The first-order chi connectivity index (χ1) is 12.2. The normalized spacial score (nSPS) is 10.7. The fourth-order valence-electron chi connectivity index (χ4n) is 1.93. The van der Waals surface area contributed by atoms with Crippen LogP contribution in [-0.2, 0) is 16.1 Å². The largest absolute Gasteiger partial charge is 0.454 e. The molecule has 126 valence electrons. The van der Waals surface area contributed by atoms with E-state index in [4.69, 9.17) is 10.5 Å². The van der Waals surface area contributed by atoms with E-state index in [0.717, 1.165) is 10.6 Å². The first kappa shape index (κ1) is 16.6. The molecule has 0 radical (unpaired) electrons. The number of hydrogen-bond acceptors (Lipinski definition) is 8. The van der Waals surface area contributed by atoms with Crippen molar-refractivity contribution < 1.29 is 9.53 Å². The molecular weight excluding hydrogens is 338 g/mol. The number of hydrogen-bond donors (Lipinski definition) is 2. The van der Waals surface area contributed by atoms with Gasteiger partial charge in [-0.2, -0.15) is 15.0 Å². The summed E-state index contributed by atoms with van der Waals surface area (Å²) in [5, 5.41) is 4.95. The molecule has 0 bridgehead atoms. The topological polar surface area (TPSA) is 103 Å². The minimum Gasteiger partial charge on any atom is -0.454 e. The molecule has 0 aliphatic rings. The van der Waals surface area contributed by atoms with E-state index in [-0.39, 0.29) is 18.4 Å². The van der Waals surface area contributed by atoms with Crippen LogP contribution in [0.4, 0.5) is 17.6 Å². The molecule has 2 aromatic heterocycles. The van der Waals surface area contributed by atoms with Crippen LogP contribution in [0, 0.1) is 0 Å². The maximum absolute atomic E-state index is 11.7. The fourth-order valence-corrected chi connectivity index (χ4v) is 2.55. The minimum atomic E-state index is -0.482. The summed E-state index contributed by atoms with van der Waals surface area (Å²) in [5.41, 5.74) is 6.50. The lowest BCUT2D eigenvalue weighted by Gasteiger charge is -2.07. The van der Waals surface area contributed by atoms with E-state index in [9.17, 15) is 4.79 Å². The van der Waals surface area contributed by atoms with E-state index >= 15 is 0 Å². The number of anilines is 3. The summed E-state index contributed by atoms with van der Waals surface area (Å²) < 4.78 is 5.13. The van der Waals surface area contributed by atoms with Gasteiger partial charge in [0, 0.05) is 16.6 Å². The van der Waals surface area contributed by atoms with Crippen molar-refractivity contribution in [2.75, 3.05) is 11.1 Å². The number of nitrogens with one attached hydrogen (secondary N) is 1. The molecule has 0 saturated heterocycles. The van der Waals surface area contributed by atoms with E-state index in [1.54, 1.807) is 6.08 Å². The third kappa shape index (κ3) is 5.11. The number of nitrogens with zero attached hydrogens (tertiary/aromatic N) is 3. The highest BCUT2D eigenvalue weighted by Gasteiger charge is 2.07. The van der Waals surface area contributed by atoms with Crippen molar-refractivity contribution in [3.8, 4) is 0 Å². The zero-order chi connectivity index (χ0) is 17.5. The van der Waals surface area contributed by atoms with Crippen LogP contribution < -0.4 is 11.1 Å². The number of thiophene rings is 1. The number of carbonyl (C=O) groups excluding carboxylic acids is 1. The maximum atomic E-state index is 11.7. The molecule has 3 rings (SSSR count). The fraction of sp³-hybridized carbons (Fsp3) is 0.0588. The zero-order valence-electron chi connectivity index (χ0n) is 13.1. The van der Waals surface area contributed by atoms with Gasteiger partial charge in [-0.15, -0.1) is 11.3 Å². The van der Waals surface area contributed by atoms with Crippen LogP contribution in [0.1, 0.15) is 10.7 Å². The lowest BCUT2D eigenvalue weighted by Crippen LogP contribution is -2.10. The Morgan fingerprint density at radius 3 is 2.76 bits per heavy atom. The third-order valence-corrected chi connectivity index (χ3v) is 3.84. The van der Waals surface area contributed by atoms with Crippen molar-refractivity contribution in [1.82, 2.24) is 15.0 Å². The number of carbonyl (C=O) groups is 1. The molecule has 0 spiro atoms. The second-order valence-corrected chi connectivity index (χ2v) is 5.86. The van der Waals surface area contributed by atoms with Crippen molar-refractivity contribution in [2.45, 2.75) is 6.61 Å². The Bertz CT molecular complexity index is 866. The van der Waals surface area contributed by atoms with Gasteiger partial charge in [0.05, 0.1) is 0 Å². The summed E-state index contributed by atoms with van der Waals surface area (Å²) in [7, 11) is 0. The molecule has 3 N–H and O–H groups in total. The molecule has 8 heteroatoms. The predicted molar refractivity (Wildman–Crippen MR) is 97.1 cm³/mol. The molecule has 0 fully saturated rings. The summed E-state index contributed by atoms with van der Waals surface area (Å²) in [6, 6.07) is 13.2. The highest BCUT2D eigenvalue weighted by atomic mass is 32.1. The molecule has 0 aliphatic heterocycles. The highest BCUT2D eigenvalue weighted by Crippen LogP contribution is 2.13. The van der Waals surface area contributed by atoms with Crippen LogP contribution in [0.2, 0.25) is 0 Å². The number of nitrogens with two attached hydrogens (primary N) is 1. The first-order valence-electron chi connectivity index (χ1n) is 7.40. The monoisotopic (exact) mass is 353 g/mol. The molecule has 25 heavy (non-hydrogen) atoms. The van der Waals surface area contributed by atoms with Gasteiger partial charge in [-0.25, -0.2) is 4.79 Å². The Kier molecular flexibility index (Phi) is 5.32. The minimum absolute atomic E-state index is 0.0496. The van der Waals surface area contributed by atoms with E-state index in [2.05, 4.69) is 20.3 Å². The van der Waals surface area contributed by atoms with Crippen molar-refractivity contribution in [3.05, 3.63) is 64.6 Å². The van der Waals surface area contributed by atoms with Crippen LogP contribution in [-0.4, -0.2) is 20.9 Å². The summed E-state index contributed by atoms with van der Waals surface area (Å²) in [5.74, 6) is 0.126. The molecule has 3 aromatic rings. The molecule has 0 aliphatic carbocycles. The Labute approximate surface area is 148 Å². The Morgan fingerprint density at radius 1 is 1.16 bits per heavy atom. The highest BCUT2D eigenvalue weighted by molar-refractivity contribution is 7.10. The van der Waals surface area contributed by atoms with Gasteiger partial charge >= 0.3 is 5.97 Å². The molecule has 2 heterocycles. The standard InChI is InChI=1S/C17H15N5O2S/c18-16-20-14(11-24-15(23)9-8-13-7-4-10-25-13)21-17(22-16)19-12-5-2-1-3-6-12/h1-10H,11H2,(H3,18,19,20,21,22)/b9-8+. The van der Waals surface area contributed by atoms with E-state index in [0.29, 0.717) is 5.95 Å². The van der Waals surface area contributed by atoms with Gasteiger partial charge < -0.3 is 15.8 Å². The number of benzene rings is 1. The SMILES string of the molecule is Nc1nc(COC(=O)/C=C/c2cccs2)nc(Nc2ccccc2)n1. The molecule has 0 amide bonds. The van der Waals surface area contributed by atoms with E-state index in [1.807, 2.05) is 47.8 Å². The van der Waals surface area contributed by atoms with Gasteiger partial charge in [0.15, 0.2) is 12.4 Å². The third-order valence-electron chi connectivity index (χ3n) is 3.00. The number of esters is 1. The summed E-state index contributed by atoms with van der Waals surface area (Å²) >= 11 is 1.53. The lowest BCUT2D eigenvalue weighted by molar-refractivity contribution is -0.139. The number of rotatable bonds is 6. The summed E-state index contributed by atoms with van der Waals surface area (Å²) in [4.78, 5) is 24.9. The van der Waals surface area contributed by atoms with Crippen LogP contribution in [0.3, 0.4) is 0 Å². The number of aromatic nitrogens is 3. The lowest BCUT2D eigenvalue weighted by atomic mass is 10.3. The van der Waals surface area contributed by atoms with Gasteiger partial charge in [-0.1, -0.05) is 24.3 Å². The van der Waals surface area contributed by atoms with Gasteiger partial charge in [0.2, 0.25) is 11.9 Å². The van der Waals surface area contributed by atoms with Crippen LogP contribution in [0.5, 0.6) is 0 Å². The number of para-hydroxylation sites is 1. The smallest absolute Gasteiger partial charge is 0.331 e. The van der Waals surface area contributed by atoms with Crippen LogP contribution in [0.25, 0.3) is 6.08 Å². The van der Waals surface area contributed by atoms with Crippen molar-refractivity contribution in [1.29, 1.82) is 0 Å². The molecule has 0 atom stereocenters. The second kappa shape index (κ2) is 8.02. The number of nitrogen functional groups attached to an aromatic ring is 1. The zero-order valence-corrected chi connectivity index (χ0v) is 13.9. The van der Waals surface area contributed by atoms with Gasteiger partial charge in [0.25, 0.3) is 0 Å². The molecule has 0 unspecified atom stereocenters. The second-order valence-electron chi connectivity index (χ2n) is 4.88. The van der Waals surface area contributed by atoms with E-state index in [1.165, 1.54) is 17.4 Å². The first-order valence-corrected chi connectivity index (χ1v) is 8.28. The Morgan fingerprint density at radius 2 is 2.00 bits per heavy atom. The van der Waals surface area contributed by atoms with Gasteiger partial charge in [0.1, 0.15) is 0 Å². The van der Waals surface area contributed by atoms with Crippen molar-refractivity contribution >= 4 is 41.0 Å². The van der Waals surface area contributed by atoms with Crippen molar-refractivity contribution in [3.63, 3.8) is 0 Å². The maximum Gasteiger partial charge on any atom is 0.331 e. The number of ether oxygens (including phenoxy) is 1. The Hall–Kier alpha value is -3.26. The van der Waals surface area contributed by atoms with Gasteiger partial charge in [-0.3, -0.25) is 0 Å². The summed E-state index contributed by atoms with van der Waals surface area (Å²) in [6.07, 6.45) is 3.05. The quantitative estimate of drug-likeness (QED) is 0.518. The molecule has 0 saturated carbocycles. The molecular formula is C17H15N5O2S. The predicted octanol–water partition coefficient (Wildman–Crippen LogP) is 3.02. The van der Waals surface area contributed by atoms with E-state index < -0.39 is 5.97 Å².